The van der Waals surface area contributed by atoms with Gasteiger partial charge < -0.3 is 15.0 Å². The molecular weight excluding hydrogens is 192 g/mol. The number of carbonyl (C=O) groups excluding carboxylic acids is 1. The molecule has 0 bridgehead atoms. The molecule has 1 amide bonds. The minimum atomic E-state index is 0.252. The monoisotopic (exact) mass is 212 g/mol. The molecule has 0 radical (unpaired) electrons. The van der Waals surface area contributed by atoms with Gasteiger partial charge in [-0.1, -0.05) is 0 Å². The van der Waals surface area contributed by atoms with Gasteiger partial charge >= 0.3 is 0 Å². The van der Waals surface area contributed by atoms with Gasteiger partial charge in [-0.3, -0.25) is 4.79 Å². The second-order valence-corrected chi connectivity index (χ2v) is 4.55. The molecule has 0 saturated carbocycles. The number of amides is 1. The Morgan fingerprint density at radius 3 is 3.07 bits per heavy atom. The van der Waals surface area contributed by atoms with E-state index in [4.69, 9.17) is 4.74 Å². The SMILES string of the molecule is COCCC(=O)N1CCC2CNCC2C1. The third kappa shape index (κ3) is 2.49. The predicted octanol–water partition coefficient (Wildman–Crippen LogP) is 0.0908. The zero-order valence-corrected chi connectivity index (χ0v) is 9.37. The second kappa shape index (κ2) is 4.94. The van der Waals surface area contributed by atoms with Crippen LogP contribution < -0.4 is 5.32 Å². The summed E-state index contributed by atoms with van der Waals surface area (Å²) in [5, 5.41) is 3.40. The molecule has 1 N–H and O–H groups in total. The van der Waals surface area contributed by atoms with E-state index in [2.05, 4.69) is 5.32 Å². The number of rotatable bonds is 3. The van der Waals surface area contributed by atoms with Crippen molar-refractivity contribution < 1.29 is 9.53 Å². The molecule has 0 aromatic rings. The first-order chi connectivity index (χ1) is 7.31. The third-order valence-electron chi connectivity index (χ3n) is 3.58. The van der Waals surface area contributed by atoms with Crippen molar-refractivity contribution in [3.05, 3.63) is 0 Å². The van der Waals surface area contributed by atoms with Crippen LogP contribution in [0.3, 0.4) is 0 Å². The van der Waals surface area contributed by atoms with Crippen molar-refractivity contribution >= 4 is 5.91 Å². The lowest BCUT2D eigenvalue weighted by atomic mass is 9.88. The number of fused-ring (bicyclic) bond motifs is 1. The van der Waals surface area contributed by atoms with Crippen molar-refractivity contribution in [2.24, 2.45) is 11.8 Å². The molecule has 0 aromatic heterocycles. The summed E-state index contributed by atoms with van der Waals surface area (Å²) in [4.78, 5) is 13.8. The van der Waals surface area contributed by atoms with Crippen molar-refractivity contribution in [2.45, 2.75) is 12.8 Å². The summed E-state index contributed by atoms with van der Waals surface area (Å²) in [6.45, 7) is 4.65. The van der Waals surface area contributed by atoms with E-state index in [1.165, 1.54) is 0 Å². The molecule has 2 fully saturated rings. The molecule has 0 aromatic carbocycles. The van der Waals surface area contributed by atoms with Crippen molar-refractivity contribution in [3.63, 3.8) is 0 Å². The first-order valence-corrected chi connectivity index (χ1v) is 5.78. The molecule has 4 nitrogen and oxygen atoms in total. The van der Waals surface area contributed by atoms with Crippen LogP contribution in [-0.2, 0) is 9.53 Å². The second-order valence-electron chi connectivity index (χ2n) is 4.55. The number of ether oxygens (including phenoxy) is 1. The number of piperidine rings is 1. The van der Waals surface area contributed by atoms with Crippen LogP contribution in [0, 0.1) is 11.8 Å². The number of likely N-dealkylation sites (tertiary alicyclic amines) is 1. The summed E-state index contributed by atoms with van der Waals surface area (Å²) >= 11 is 0. The molecule has 86 valence electrons. The van der Waals surface area contributed by atoms with Crippen molar-refractivity contribution in [2.75, 3.05) is 39.9 Å². The maximum atomic E-state index is 11.8. The van der Waals surface area contributed by atoms with Crippen LogP contribution in [0.15, 0.2) is 0 Å². The fourth-order valence-electron chi connectivity index (χ4n) is 2.61. The highest BCUT2D eigenvalue weighted by Gasteiger charge is 2.34. The molecule has 4 heteroatoms. The highest BCUT2D eigenvalue weighted by atomic mass is 16.5. The maximum absolute atomic E-state index is 11.8. The van der Waals surface area contributed by atoms with Crippen molar-refractivity contribution in [1.29, 1.82) is 0 Å². The van der Waals surface area contributed by atoms with E-state index < -0.39 is 0 Å². The molecule has 2 aliphatic heterocycles. The normalized spacial score (nSPS) is 30.3. The summed E-state index contributed by atoms with van der Waals surface area (Å²) < 4.78 is 4.93. The van der Waals surface area contributed by atoms with E-state index in [9.17, 15) is 4.79 Å². The fraction of sp³-hybridized carbons (Fsp3) is 0.909. The van der Waals surface area contributed by atoms with E-state index in [0.29, 0.717) is 18.9 Å². The Balaban J connectivity index is 1.81. The zero-order valence-electron chi connectivity index (χ0n) is 9.37. The lowest BCUT2D eigenvalue weighted by Crippen LogP contribution is -2.43. The van der Waals surface area contributed by atoms with Crippen LogP contribution in [0.2, 0.25) is 0 Å². The quantitative estimate of drug-likeness (QED) is 0.721. The average Bonchev–Trinajstić information content (AvgIpc) is 2.72. The molecule has 15 heavy (non-hydrogen) atoms. The number of hydrogen-bond donors (Lipinski definition) is 1. The van der Waals surface area contributed by atoms with Crippen LogP contribution in [0.5, 0.6) is 0 Å². The van der Waals surface area contributed by atoms with Crippen LogP contribution >= 0.6 is 0 Å². The molecular formula is C11H20N2O2. The first-order valence-electron chi connectivity index (χ1n) is 5.78. The van der Waals surface area contributed by atoms with Crippen molar-refractivity contribution in [3.8, 4) is 0 Å². The molecule has 2 rings (SSSR count). The Hall–Kier alpha value is -0.610. The number of methoxy groups -OCH3 is 1. The number of carbonyl (C=O) groups is 1. The van der Waals surface area contributed by atoms with Crippen LogP contribution in [0.4, 0.5) is 0 Å². The van der Waals surface area contributed by atoms with Gasteiger partial charge in [0, 0.05) is 20.2 Å². The maximum Gasteiger partial charge on any atom is 0.224 e. The molecule has 0 aliphatic carbocycles. The van der Waals surface area contributed by atoms with Gasteiger partial charge in [-0.2, -0.15) is 0 Å². The van der Waals surface area contributed by atoms with E-state index in [1.54, 1.807) is 7.11 Å². The standard InChI is InChI=1S/C11H20N2O2/c1-15-5-3-11(14)13-4-2-9-6-12-7-10(9)8-13/h9-10,12H,2-8H2,1H3. The predicted molar refractivity (Wildman–Crippen MR) is 57.5 cm³/mol. The molecule has 0 spiro atoms. The van der Waals surface area contributed by atoms with E-state index in [-0.39, 0.29) is 5.91 Å². The van der Waals surface area contributed by atoms with E-state index in [0.717, 1.165) is 38.5 Å². The van der Waals surface area contributed by atoms with Gasteiger partial charge in [0.25, 0.3) is 0 Å². The van der Waals surface area contributed by atoms with E-state index in [1.807, 2.05) is 4.90 Å². The largest absolute Gasteiger partial charge is 0.384 e. The highest BCUT2D eigenvalue weighted by Crippen LogP contribution is 2.26. The summed E-state index contributed by atoms with van der Waals surface area (Å²) in [6, 6.07) is 0. The van der Waals surface area contributed by atoms with Gasteiger partial charge in [0.15, 0.2) is 0 Å². The number of nitrogens with zero attached hydrogens (tertiary/aromatic N) is 1. The summed E-state index contributed by atoms with van der Waals surface area (Å²) in [7, 11) is 1.64. The van der Waals surface area contributed by atoms with Crippen LogP contribution in [0.25, 0.3) is 0 Å². The molecule has 2 atom stereocenters. The molecule has 2 aliphatic rings. The third-order valence-corrected chi connectivity index (χ3v) is 3.58. The number of nitrogens with one attached hydrogen (secondary N) is 1. The van der Waals surface area contributed by atoms with Gasteiger partial charge in [0.05, 0.1) is 13.0 Å². The van der Waals surface area contributed by atoms with E-state index >= 15 is 0 Å². The average molecular weight is 212 g/mol. The van der Waals surface area contributed by atoms with Gasteiger partial charge in [0.1, 0.15) is 0 Å². The fourth-order valence-corrected chi connectivity index (χ4v) is 2.61. The van der Waals surface area contributed by atoms with Gasteiger partial charge in [-0.05, 0) is 31.3 Å². The first kappa shape index (κ1) is 10.9. The van der Waals surface area contributed by atoms with Crippen molar-refractivity contribution in [1.82, 2.24) is 10.2 Å². The summed E-state index contributed by atoms with van der Waals surface area (Å²) in [5.41, 5.74) is 0. The topological polar surface area (TPSA) is 41.6 Å². The molecule has 2 saturated heterocycles. The van der Waals surface area contributed by atoms with Crippen LogP contribution in [-0.4, -0.2) is 50.7 Å². The van der Waals surface area contributed by atoms with Gasteiger partial charge in [-0.15, -0.1) is 0 Å². The Bertz CT molecular complexity index is 233. The Morgan fingerprint density at radius 1 is 1.47 bits per heavy atom. The minimum Gasteiger partial charge on any atom is -0.384 e. The van der Waals surface area contributed by atoms with Crippen LogP contribution in [0.1, 0.15) is 12.8 Å². The minimum absolute atomic E-state index is 0.252. The highest BCUT2D eigenvalue weighted by molar-refractivity contribution is 5.76. The lowest BCUT2D eigenvalue weighted by molar-refractivity contribution is -0.134. The molecule has 2 heterocycles. The van der Waals surface area contributed by atoms with Gasteiger partial charge in [0.2, 0.25) is 5.91 Å². The molecule has 2 unspecified atom stereocenters. The summed E-state index contributed by atoms with van der Waals surface area (Å²) in [5.74, 6) is 1.74. The Morgan fingerprint density at radius 2 is 2.27 bits per heavy atom. The summed E-state index contributed by atoms with van der Waals surface area (Å²) in [6.07, 6.45) is 1.69. The lowest BCUT2D eigenvalue weighted by Gasteiger charge is -2.34. The smallest absolute Gasteiger partial charge is 0.224 e. The Kier molecular flexibility index (Phi) is 3.59. The Labute approximate surface area is 91.0 Å². The number of hydrogen-bond acceptors (Lipinski definition) is 3. The zero-order chi connectivity index (χ0) is 10.7. The van der Waals surface area contributed by atoms with Gasteiger partial charge in [-0.25, -0.2) is 0 Å².